The molecule has 21 heavy (non-hydrogen) atoms. The fourth-order valence-corrected chi connectivity index (χ4v) is 2.42. The van der Waals surface area contributed by atoms with E-state index in [0.717, 1.165) is 11.3 Å². The number of rotatable bonds is 6. The minimum atomic E-state index is -0.482. The second-order valence-electron chi connectivity index (χ2n) is 5.75. The molecule has 0 fully saturated rings. The smallest absolute Gasteiger partial charge is 0.407 e. The summed E-state index contributed by atoms with van der Waals surface area (Å²) in [5.74, 6) is 0. The van der Waals surface area contributed by atoms with Crippen molar-refractivity contribution in [3.63, 3.8) is 0 Å². The maximum absolute atomic E-state index is 11.6. The average molecular weight is 309 g/mol. The number of nitrogens with one attached hydrogen (secondary N) is 2. The summed E-state index contributed by atoms with van der Waals surface area (Å²) in [6.45, 7) is 8.79. The fourth-order valence-electron chi connectivity index (χ4n) is 1.66. The number of carbonyl (C=O) groups is 1. The van der Waals surface area contributed by atoms with Crippen LogP contribution in [0.2, 0.25) is 0 Å². The molecule has 0 aliphatic heterocycles. The van der Waals surface area contributed by atoms with Crippen molar-refractivity contribution < 1.29 is 9.53 Å². The maximum Gasteiger partial charge on any atom is 0.407 e. The molecule has 1 aromatic heterocycles. The number of hydrogen-bond acceptors (Lipinski definition) is 5. The molecule has 6 heteroatoms. The average Bonchev–Trinajstić information content (AvgIpc) is 2.85. The van der Waals surface area contributed by atoms with E-state index in [1.165, 1.54) is 11.3 Å². The van der Waals surface area contributed by atoms with Crippen LogP contribution in [0.1, 0.15) is 43.9 Å². The quantitative estimate of drug-likeness (QED) is 0.847. The van der Waals surface area contributed by atoms with Crippen molar-refractivity contribution >= 4 is 17.4 Å². The standard InChI is InChI=1S/C15H23N3O2S/c1-5-11(9-18-14(19)20-15(2,3)4)17-10-13-7-6-12(8-16)21-13/h6-7,11,17H,5,9-10H2,1-4H3,(H,18,19). The topological polar surface area (TPSA) is 74.2 Å². The lowest BCUT2D eigenvalue weighted by molar-refractivity contribution is 0.0522. The van der Waals surface area contributed by atoms with Crippen molar-refractivity contribution in [2.24, 2.45) is 0 Å². The van der Waals surface area contributed by atoms with Crippen LogP contribution in [0, 0.1) is 11.3 Å². The van der Waals surface area contributed by atoms with Gasteiger partial charge in [0.25, 0.3) is 0 Å². The first-order valence-electron chi connectivity index (χ1n) is 7.03. The Bertz CT molecular complexity index is 500. The van der Waals surface area contributed by atoms with Gasteiger partial charge in [-0.25, -0.2) is 4.79 Å². The summed E-state index contributed by atoms with van der Waals surface area (Å²) in [5, 5.41) is 14.9. The molecule has 0 aromatic carbocycles. The van der Waals surface area contributed by atoms with Crippen LogP contribution in [-0.4, -0.2) is 24.3 Å². The molecule has 5 nitrogen and oxygen atoms in total. The highest BCUT2D eigenvalue weighted by molar-refractivity contribution is 7.12. The van der Waals surface area contributed by atoms with Crippen molar-refractivity contribution in [1.29, 1.82) is 5.26 Å². The number of nitrogens with zero attached hydrogens (tertiary/aromatic N) is 1. The van der Waals surface area contributed by atoms with Crippen molar-refractivity contribution in [2.75, 3.05) is 6.54 Å². The summed E-state index contributed by atoms with van der Waals surface area (Å²) >= 11 is 1.48. The van der Waals surface area contributed by atoms with Gasteiger partial charge in [-0.2, -0.15) is 5.26 Å². The van der Waals surface area contributed by atoms with Crippen molar-refractivity contribution in [2.45, 2.75) is 52.3 Å². The molecule has 116 valence electrons. The lowest BCUT2D eigenvalue weighted by atomic mass is 10.2. The van der Waals surface area contributed by atoms with Crippen molar-refractivity contribution in [1.82, 2.24) is 10.6 Å². The molecule has 1 unspecified atom stereocenters. The first kappa shape index (κ1) is 17.5. The van der Waals surface area contributed by atoms with E-state index >= 15 is 0 Å². The minimum Gasteiger partial charge on any atom is -0.444 e. The molecule has 0 bridgehead atoms. The van der Waals surface area contributed by atoms with Crippen molar-refractivity contribution in [3.05, 3.63) is 21.9 Å². The molecule has 2 N–H and O–H groups in total. The van der Waals surface area contributed by atoms with E-state index in [1.807, 2.05) is 32.9 Å². The van der Waals surface area contributed by atoms with Gasteiger partial charge in [0, 0.05) is 24.0 Å². The van der Waals surface area contributed by atoms with Crippen LogP contribution >= 0.6 is 11.3 Å². The Hall–Kier alpha value is -1.58. The van der Waals surface area contributed by atoms with Gasteiger partial charge in [-0.15, -0.1) is 11.3 Å². The van der Waals surface area contributed by atoms with Gasteiger partial charge in [-0.05, 0) is 39.3 Å². The summed E-state index contributed by atoms with van der Waals surface area (Å²) in [6.07, 6.45) is 0.498. The Morgan fingerprint density at radius 2 is 2.19 bits per heavy atom. The summed E-state index contributed by atoms with van der Waals surface area (Å²) in [7, 11) is 0. The van der Waals surface area contributed by atoms with E-state index in [-0.39, 0.29) is 6.04 Å². The second-order valence-corrected chi connectivity index (χ2v) is 6.91. The monoisotopic (exact) mass is 309 g/mol. The van der Waals surface area contributed by atoms with Gasteiger partial charge in [0.05, 0.1) is 0 Å². The number of amides is 1. The molecule has 0 radical (unpaired) electrons. The maximum atomic E-state index is 11.6. The number of thiophene rings is 1. The molecule has 0 aliphatic rings. The molecule has 0 saturated heterocycles. The zero-order valence-corrected chi connectivity index (χ0v) is 13.8. The van der Waals surface area contributed by atoms with Crippen LogP contribution in [0.4, 0.5) is 4.79 Å². The van der Waals surface area contributed by atoms with Gasteiger partial charge in [-0.3, -0.25) is 0 Å². The summed E-state index contributed by atoms with van der Waals surface area (Å²) in [5.41, 5.74) is -0.482. The second kappa shape index (κ2) is 8.01. The molecule has 0 aliphatic carbocycles. The van der Waals surface area contributed by atoms with Crippen LogP contribution in [0.3, 0.4) is 0 Å². The van der Waals surface area contributed by atoms with Gasteiger partial charge < -0.3 is 15.4 Å². The number of alkyl carbamates (subject to hydrolysis) is 1. The van der Waals surface area contributed by atoms with Crippen LogP contribution in [-0.2, 0) is 11.3 Å². The van der Waals surface area contributed by atoms with Gasteiger partial charge in [0.1, 0.15) is 16.5 Å². The molecule has 0 spiro atoms. The SMILES string of the molecule is CCC(CNC(=O)OC(C)(C)C)NCc1ccc(C#N)s1. The molecule has 0 saturated carbocycles. The zero-order valence-electron chi connectivity index (χ0n) is 13.0. The minimum absolute atomic E-state index is 0.171. The molecule has 1 atom stereocenters. The fraction of sp³-hybridized carbons (Fsp3) is 0.600. The molecule has 1 rings (SSSR count). The summed E-state index contributed by atoms with van der Waals surface area (Å²) in [6, 6.07) is 6.07. The molecular formula is C15H23N3O2S. The number of ether oxygens (including phenoxy) is 1. The lowest BCUT2D eigenvalue weighted by Crippen LogP contribution is -2.42. The van der Waals surface area contributed by atoms with Crippen molar-refractivity contribution in [3.8, 4) is 6.07 Å². The normalized spacial score (nSPS) is 12.5. The highest BCUT2D eigenvalue weighted by atomic mass is 32.1. The zero-order chi connectivity index (χ0) is 15.9. The van der Waals surface area contributed by atoms with E-state index in [4.69, 9.17) is 10.00 Å². The van der Waals surface area contributed by atoms with E-state index in [0.29, 0.717) is 18.0 Å². The Morgan fingerprint density at radius 3 is 2.71 bits per heavy atom. The first-order valence-corrected chi connectivity index (χ1v) is 7.84. The van der Waals surface area contributed by atoms with Crippen LogP contribution in [0.5, 0.6) is 0 Å². The lowest BCUT2D eigenvalue weighted by Gasteiger charge is -2.22. The predicted molar refractivity (Wildman–Crippen MR) is 84.2 cm³/mol. The Morgan fingerprint density at radius 1 is 1.48 bits per heavy atom. The highest BCUT2D eigenvalue weighted by Gasteiger charge is 2.17. The van der Waals surface area contributed by atoms with Gasteiger partial charge in [0.2, 0.25) is 0 Å². The van der Waals surface area contributed by atoms with Crippen LogP contribution in [0.15, 0.2) is 12.1 Å². The Kier molecular flexibility index (Phi) is 6.66. The highest BCUT2D eigenvalue weighted by Crippen LogP contribution is 2.15. The Balaban J connectivity index is 2.35. The predicted octanol–water partition coefficient (Wildman–Crippen LogP) is 3.01. The third-order valence-electron chi connectivity index (χ3n) is 2.72. The Labute approximate surface area is 130 Å². The van der Waals surface area contributed by atoms with E-state index in [2.05, 4.69) is 23.6 Å². The largest absolute Gasteiger partial charge is 0.444 e. The molecule has 1 heterocycles. The van der Waals surface area contributed by atoms with Gasteiger partial charge in [-0.1, -0.05) is 6.92 Å². The number of carbonyl (C=O) groups excluding carboxylic acids is 1. The van der Waals surface area contributed by atoms with Gasteiger partial charge >= 0.3 is 6.09 Å². The number of nitriles is 1. The van der Waals surface area contributed by atoms with E-state index in [1.54, 1.807) is 0 Å². The number of hydrogen-bond donors (Lipinski definition) is 2. The first-order chi connectivity index (χ1) is 9.84. The van der Waals surface area contributed by atoms with Crippen LogP contribution < -0.4 is 10.6 Å². The van der Waals surface area contributed by atoms with E-state index in [9.17, 15) is 4.79 Å². The molecule has 1 aromatic rings. The molecular weight excluding hydrogens is 286 g/mol. The third kappa shape index (κ3) is 7.11. The van der Waals surface area contributed by atoms with E-state index < -0.39 is 11.7 Å². The summed E-state index contributed by atoms with van der Waals surface area (Å²) < 4.78 is 5.20. The molecule has 1 amide bonds. The third-order valence-corrected chi connectivity index (χ3v) is 3.71. The van der Waals surface area contributed by atoms with Crippen LogP contribution in [0.25, 0.3) is 0 Å². The van der Waals surface area contributed by atoms with Gasteiger partial charge in [0.15, 0.2) is 0 Å². The summed E-state index contributed by atoms with van der Waals surface area (Å²) in [4.78, 5) is 13.4.